The number of anilines is 1. The number of aromatic nitrogens is 3. The van der Waals surface area contributed by atoms with Crippen molar-refractivity contribution in [2.24, 2.45) is 5.18 Å². The van der Waals surface area contributed by atoms with E-state index >= 15 is 0 Å². The van der Waals surface area contributed by atoms with E-state index in [2.05, 4.69) is 20.0 Å². The molecule has 8 heteroatoms. The van der Waals surface area contributed by atoms with Crippen LogP contribution in [-0.4, -0.2) is 46.4 Å². The van der Waals surface area contributed by atoms with E-state index in [9.17, 15) is 10.0 Å². The third-order valence-corrected chi connectivity index (χ3v) is 4.59. The van der Waals surface area contributed by atoms with Gasteiger partial charge in [0.2, 0.25) is 0 Å². The first kappa shape index (κ1) is 17.3. The van der Waals surface area contributed by atoms with Crippen LogP contribution in [0.25, 0.3) is 22.4 Å². The molecule has 1 atom stereocenters. The Bertz CT molecular complexity index is 988. The van der Waals surface area contributed by atoms with E-state index in [0.29, 0.717) is 54.3 Å². The van der Waals surface area contributed by atoms with Gasteiger partial charge in [0.25, 0.3) is 0 Å². The van der Waals surface area contributed by atoms with E-state index in [0.717, 1.165) is 5.82 Å². The second-order valence-corrected chi connectivity index (χ2v) is 6.44. The summed E-state index contributed by atoms with van der Waals surface area (Å²) >= 11 is 0. The lowest BCUT2D eigenvalue weighted by atomic mass is 10.1. The third-order valence-electron chi connectivity index (χ3n) is 4.59. The number of rotatable bonds is 4. The molecular weight excluding hydrogens is 346 g/mol. The molecule has 1 aliphatic rings. The molecule has 2 aromatic heterocycles. The van der Waals surface area contributed by atoms with Gasteiger partial charge in [0, 0.05) is 30.4 Å². The Labute approximate surface area is 155 Å². The van der Waals surface area contributed by atoms with Gasteiger partial charge < -0.3 is 14.7 Å². The van der Waals surface area contributed by atoms with Crippen molar-refractivity contribution in [1.82, 2.24) is 15.0 Å². The van der Waals surface area contributed by atoms with Crippen molar-refractivity contribution in [3.63, 3.8) is 0 Å². The second kappa shape index (κ2) is 7.24. The lowest BCUT2D eigenvalue weighted by molar-refractivity contribution is 0.122. The Balaban J connectivity index is 1.91. The minimum atomic E-state index is -0.507. The first-order chi connectivity index (χ1) is 13.2. The van der Waals surface area contributed by atoms with Crippen molar-refractivity contribution in [1.29, 1.82) is 0 Å². The number of nitrogens with zero attached hydrogens (tertiary/aromatic N) is 5. The molecule has 0 saturated carbocycles. The summed E-state index contributed by atoms with van der Waals surface area (Å²) in [5, 5.41) is 12.9. The molecule has 1 N–H and O–H groups in total. The highest BCUT2D eigenvalue weighted by Crippen LogP contribution is 2.29. The van der Waals surface area contributed by atoms with Crippen molar-refractivity contribution in [3.8, 4) is 17.1 Å². The minimum Gasteiger partial charge on any atom is -0.508 e. The van der Waals surface area contributed by atoms with Crippen LogP contribution in [-0.2, 0) is 4.74 Å². The number of pyridine rings is 1. The van der Waals surface area contributed by atoms with Crippen molar-refractivity contribution in [3.05, 3.63) is 47.0 Å². The zero-order chi connectivity index (χ0) is 18.8. The first-order valence-electron chi connectivity index (χ1n) is 8.78. The molecule has 138 valence electrons. The molecule has 4 rings (SSSR count). The van der Waals surface area contributed by atoms with Crippen LogP contribution in [0.1, 0.15) is 18.5 Å². The van der Waals surface area contributed by atoms with Crippen LogP contribution in [0.4, 0.5) is 5.82 Å². The van der Waals surface area contributed by atoms with Crippen molar-refractivity contribution < 1.29 is 9.84 Å². The fourth-order valence-corrected chi connectivity index (χ4v) is 3.08. The van der Waals surface area contributed by atoms with Gasteiger partial charge in [-0.05, 0) is 25.1 Å². The van der Waals surface area contributed by atoms with Gasteiger partial charge in [-0.1, -0.05) is 17.3 Å². The van der Waals surface area contributed by atoms with Crippen LogP contribution >= 0.6 is 0 Å². The van der Waals surface area contributed by atoms with Gasteiger partial charge in [-0.3, -0.25) is 4.98 Å². The van der Waals surface area contributed by atoms with Gasteiger partial charge in [-0.2, -0.15) is 4.91 Å². The highest BCUT2D eigenvalue weighted by molar-refractivity contribution is 5.88. The number of morpholine rings is 1. The average molecular weight is 365 g/mol. The molecule has 0 radical (unpaired) electrons. The van der Waals surface area contributed by atoms with Crippen LogP contribution in [0.15, 0.2) is 41.7 Å². The highest BCUT2D eigenvalue weighted by Gasteiger charge is 2.20. The number of hydrogen-bond acceptors (Lipinski definition) is 8. The third kappa shape index (κ3) is 3.43. The summed E-state index contributed by atoms with van der Waals surface area (Å²) in [5.74, 6) is 1.36. The molecule has 1 saturated heterocycles. The SMILES string of the molecule is CC(N=O)c1cnc2c(N3CCOCC3)nc(-c3cccc(O)c3)nc2c1. The van der Waals surface area contributed by atoms with E-state index in [1.165, 1.54) is 0 Å². The quantitative estimate of drug-likeness (QED) is 0.709. The molecule has 1 aliphatic heterocycles. The molecule has 3 aromatic rings. The Morgan fingerprint density at radius 1 is 1.22 bits per heavy atom. The van der Waals surface area contributed by atoms with Crippen molar-refractivity contribution in [2.75, 3.05) is 31.2 Å². The monoisotopic (exact) mass is 365 g/mol. The molecule has 1 fully saturated rings. The van der Waals surface area contributed by atoms with Gasteiger partial charge in [0.15, 0.2) is 11.6 Å². The predicted molar refractivity (Wildman–Crippen MR) is 102 cm³/mol. The largest absolute Gasteiger partial charge is 0.508 e. The Morgan fingerprint density at radius 3 is 2.78 bits per heavy atom. The van der Waals surface area contributed by atoms with Crippen LogP contribution < -0.4 is 4.90 Å². The Morgan fingerprint density at radius 2 is 2.04 bits per heavy atom. The second-order valence-electron chi connectivity index (χ2n) is 6.44. The first-order valence-corrected chi connectivity index (χ1v) is 8.78. The molecule has 8 nitrogen and oxygen atoms in total. The summed E-state index contributed by atoms with van der Waals surface area (Å²) in [4.78, 5) is 26.9. The molecule has 0 spiro atoms. The highest BCUT2D eigenvalue weighted by atomic mass is 16.5. The van der Waals surface area contributed by atoms with Gasteiger partial charge in [0.05, 0.1) is 18.7 Å². The number of phenolic OH excluding ortho intramolecular Hbond substituents is 1. The van der Waals surface area contributed by atoms with Crippen LogP contribution in [0.5, 0.6) is 5.75 Å². The van der Waals surface area contributed by atoms with Crippen LogP contribution in [0.3, 0.4) is 0 Å². The zero-order valence-electron chi connectivity index (χ0n) is 14.9. The molecule has 27 heavy (non-hydrogen) atoms. The molecular formula is C19H19N5O3. The maximum absolute atomic E-state index is 10.9. The molecule has 0 aliphatic carbocycles. The predicted octanol–water partition coefficient (Wildman–Crippen LogP) is 3.06. The van der Waals surface area contributed by atoms with Crippen molar-refractivity contribution >= 4 is 16.9 Å². The summed E-state index contributed by atoms with van der Waals surface area (Å²) in [6.45, 7) is 4.38. The fraction of sp³-hybridized carbons (Fsp3) is 0.316. The number of fused-ring (bicyclic) bond motifs is 1. The van der Waals surface area contributed by atoms with Crippen molar-refractivity contribution in [2.45, 2.75) is 13.0 Å². The standard InChI is InChI=1S/C19H19N5O3/c1-12(23-26)14-10-16-17(20-11-14)19(24-5-7-27-8-6-24)22-18(21-16)13-3-2-4-15(25)9-13/h2-4,9-12,25H,5-8H2,1H3. The fourth-order valence-electron chi connectivity index (χ4n) is 3.08. The van der Waals surface area contributed by atoms with Gasteiger partial charge in [-0.25, -0.2) is 9.97 Å². The minimum absolute atomic E-state index is 0.148. The number of nitroso groups, excluding NO2 is 1. The Hall–Kier alpha value is -3.13. The van der Waals surface area contributed by atoms with Gasteiger partial charge in [-0.15, -0.1) is 0 Å². The summed E-state index contributed by atoms with van der Waals surface area (Å²) in [6.07, 6.45) is 1.65. The van der Waals surface area contributed by atoms with Crippen LogP contribution in [0.2, 0.25) is 0 Å². The lowest BCUT2D eigenvalue weighted by Crippen LogP contribution is -2.37. The van der Waals surface area contributed by atoms with E-state index in [-0.39, 0.29) is 5.75 Å². The van der Waals surface area contributed by atoms with E-state index in [4.69, 9.17) is 9.72 Å². The number of benzene rings is 1. The summed E-state index contributed by atoms with van der Waals surface area (Å²) in [5.41, 5.74) is 2.71. The number of aromatic hydroxyl groups is 1. The Kier molecular flexibility index (Phi) is 4.64. The molecule has 0 bridgehead atoms. The topological polar surface area (TPSA) is 101 Å². The van der Waals surface area contributed by atoms with Gasteiger partial charge in [0.1, 0.15) is 17.3 Å². The molecule has 1 unspecified atom stereocenters. The van der Waals surface area contributed by atoms with E-state index in [1.54, 1.807) is 31.3 Å². The lowest BCUT2D eigenvalue weighted by Gasteiger charge is -2.28. The molecule has 1 aromatic carbocycles. The summed E-state index contributed by atoms with van der Waals surface area (Å²) in [7, 11) is 0. The number of ether oxygens (including phenoxy) is 1. The van der Waals surface area contributed by atoms with Gasteiger partial charge >= 0.3 is 0 Å². The number of phenols is 1. The molecule has 3 heterocycles. The maximum Gasteiger partial charge on any atom is 0.162 e. The molecule has 0 amide bonds. The normalized spacial score (nSPS) is 15.7. The summed E-state index contributed by atoms with van der Waals surface area (Å²) < 4.78 is 5.44. The smallest absolute Gasteiger partial charge is 0.162 e. The van der Waals surface area contributed by atoms with E-state index < -0.39 is 6.04 Å². The maximum atomic E-state index is 10.9. The average Bonchev–Trinajstić information content (AvgIpc) is 2.72. The van der Waals surface area contributed by atoms with E-state index in [1.807, 2.05) is 12.1 Å². The zero-order valence-corrected chi connectivity index (χ0v) is 14.9. The number of hydrogen-bond donors (Lipinski definition) is 1. The summed E-state index contributed by atoms with van der Waals surface area (Å²) in [6, 6.07) is 8.14. The van der Waals surface area contributed by atoms with Crippen LogP contribution in [0, 0.1) is 4.91 Å².